The fourth-order valence-corrected chi connectivity index (χ4v) is 3.20. The predicted octanol–water partition coefficient (Wildman–Crippen LogP) is 2.21. The number of anilines is 1. The van der Waals surface area contributed by atoms with Gasteiger partial charge in [0.1, 0.15) is 0 Å². The summed E-state index contributed by atoms with van der Waals surface area (Å²) in [5, 5.41) is 7.76. The standard InChI is InChI=1S/C15H16N2O3S2/c16-22(19,20)11-12-5-4-6-13(9-12)17-15(18)10-21-14-7-2-1-3-8-14/h1-9H,10-11H2,(H,17,18)(H2,16,19,20). The Morgan fingerprint density at radius 2 is 1.82 bits per heavy atom. The smallest absolute Gasteiger partial charge is 0.234 e. The van der Waals surface area contributed by atoms with Gasteiger partial charge in [0.05, 0.1) is 11.5 Å². The molecule has 0 spiro atoms. The highest BCUT2D eigenvalue weighted by Gasteiger charge is 2.07. The molecule has 22 heavy (non-hydrogen) atoms. The van der Waals surface area contributed by atoms with Crippen LogP contribution in [0.5, 0.6) is 0 Å². The van der Waals surface area contributed by atoms with Crippen LogP contribution in [0.15, 0.2) is 59.5 Å². The van der Waals surface area contributed by atoms with E-state index in [4.69, 9.17) is 5.14 Å². The van der Waals surface area contributed by atoms with Gasteiger partial charge in [0.2, 0.25) is 15.9 Å². The third-order valence-electron chi connectivity index (χ3n) is 2.69. The maximum Gasteiger partial charge on any atom is 0.234 e. The molecule has 2 rings (SSSR count). The molecule has 0 unspecified atom stereocenters. The Morgan fingerprint density at radius 3 is 2.50 bits per heavy atom. The average Bonchev–Trinajstić information content (AvgIpc) is 2.45. The lowest BCUT2D eigenvalue weighted by atomic mass is 10.2. The Bertz CT molecular complexity index is 746. The zero-order chi connectivity index (χ0) is 16.0. The first-order valence-corrected chi connectivity index (χ1v) is 9.19. The van der Waals surface area contributed by atoms with Crippen LogP contribution in [-0.4, -0.2) is 20.1 Å². The molecule has 0 atom stereocenters. The summed E-state index contributed by atoms with van der Waals surface area (Å²) in [4.78, 5) is 12.9. The van der Waals surface area contributed by atoms with Crippen LogP contribution in [0.4, 0.5) is 5.69 Å². The molecule has 0 aliphatic rings. The Balaban J connectivity index is 1.93. The molecule has 0 heterocycles. The second-order valence-corrected chi connectivity index (χ2v) is 7.32. The van der Waals surface area contributed by atoms with Gasteiger partial charge in [0, 0.05) is 10.6 Å². The van der Waals surface area contributed by atoms with Gasteiger partial charge in [-0.15, -0.1) is 11.8 Å². The first-order valence-electron chi connectivity index (χ1n) is 6.49. The van der Waals surface area contributed by atoms with E-state index in [0.717, 1.165) is 4.90 Å². The predicted molar refractivity (Wildman–Crippen MR) is 89.0 cm³/mol. The lowest BCUT2D eigenvalue weighted by Gasteiger charge is -2.07. The summed E-state index contributed by atoms with van der Waals surface area (Å²) < 4.78 is 22.2. The summed E-state index contributed by atoms with van der Waals surface area (Å²) in [5.41, 5.74) is 1.09. The third kappa shape index (κ3) is 5.88. The van der Waals surface area contributed by atoms with Crippen LogP contribution in [0.3, 0.4) is 0 Å². The quantitative estimate of drug-likeness (QED) is 0.792. The highest BCUT2D eigenvalue weighted by molar-refractivity contribution is 8.00. The molecule has 0 radical (unpaired) electrons. The molecule has 5 nitrogen and oxygen atoms in total. The third-order valence-corrected chi connectivity index (χ3v) is 4.44. The second kappa shape index (κ2) is 7.44. The van der Waals surface area contributed by atoms with Gasteiger partial charge in [-0.05, 0) is 29.8 Å². The van der Waals surface area contributed by atoms with Crippen LogP contribution in [-0.2, 0) is 20.6 Å². The summed E-state index contributed by atoms with van der Waals surface area (Å²) in [7, 11) is -3.59. The number of hydrogen-bond donors (Lipinski definition) is 2. The minimum absolute atomic E-state index is 0.151. The molecule has 0 aliphatic carbocycles. The fourth-order valence-electron chi connectivity index (χ4n) is 1.83. The number of thioether (sulfide) groups is 1. The van der Waals surface area contributed by atoms with Crippen LogP contribution in [0.1, 0.15) is 5.56 Å². The van der Waals surface area contributed by atoms with Gasteiger partial charge < -0.3 is 5.32 Å². The molecule has 0 aliphatic heterocycles. The van der Waals surface area contributed by atoms with Crippen molar-refractivity contribution in [3.63, 3.8) is 0 Å². The zero-order valence-electron chi connectivity index (χ0n) is 11.7. The van der Waals surface area contributed by atoms with Gasteiger partial charge in [0.25, 0.3) is 0 Å². The van der Waals surface area contributed by atoms with E-state index in [0.29, 0.717) is 11.3 Å². The van der Waals surface area contributed by atoms with Crippen molar-refractivity contribution in [3.05, 3.63) is 60.2 Å². The number of nitrogens with two attached hydrogens (primary N) is 1. The number of rotatable bonds is 6. The summed E-state index contributed by atoms with van der Waals surface area (Å²) >= 11 is 1.43. The first kappa shape index (κ1) is 16.5. The number of carbonyl (C=O) groups excluding carboxylic acids is 1. The number of primary sulfonamides is 1. The maximum absolute atomic E-state index is 11.9. The van der Waals surface area contributed by atoms with E-state index in [-0.39, 0.29) is 17.4 Å². The van der Waals surface area contributed by atoms with Crippen molar-refractivity contribution < 1.29 is 13.2 Å². The minimum atomic E-state index is -3.59. The van der Waals surface area contributed by atoms with Crippen molar-refractivity contribution in [1.29, 1.82) is 0 Å². The molecular formula is C15H16N2O3S2. The van der Waals surface area contributed by atoms with Crippen LogP contribution in [0.25, 0.3) is 0 Å². The average molecular weight is 336 g/mol. The lowest BCUT2D eigenvalue weighted by Crippen LogP contribution is -2.16. The number of carbonyl (C=O) groups is 1. The van der Waals surface area contributed by atoms with E-state index in [9.17, 15) is 13.2 Å². The topological polar surface area (TPSA) is 89.3 Å². The normalized spacial score (nSPS) is 11.1. The number of hydrogen-bond acceptors (Lipinski definition) is 4. The molecule has 0 bridgehead atoms. The minimum Gasteiger partial charge on any atom is -0.325 e. The molecule has 3 N–H and O–H groups in total. The number of benzene rings is 2. The Kier molecular flexibility index (Phi) is 5.59. The lowest BCUT2D eigenvalue weighted by molar-refractivity contribution is -0.113. The van der Waals surface area contributed by atoms with E-state index >= 15 is 0 Å². The first-order chi connectivity index (χ1) is 10.4. The highest BCUT2D eigenvalue weighted by Crippen LogP contribution is 2.18. The summed E-state index contributed by atoms with van der Waals surface area (Å²) in [5.74, 6) is -0.125. The maximum atomic E-state index is 11.9. The van der Waals surface area contributed by atoms with Crippen molar-refractivity contribution in [1.82, 2.24) is 0 Å². The molecule has 2 aromatic carbocycles. The van der Waals surface area contributed by atoms with Crippen molar-refractivity contribution in [2.24, 2.45) is 5.14 Å². The van der Waals surface area contributed by atoms with E-state index in [2.05, 4.69) is 5.32 Å². The van der Waals surface area contributed by atoms with Crippen molar-refractivity contribution >= 4 is 33.4 Å². The van der Waals surface area contributed by atoms with Crippen molar-refractivity contribution in [3.8, 4) is 0 Å². The van der Waals surface area contributed by atoms with Gasteiger partial charge in [-0.2, -0.15) is 0 Å². The molecule has 116 valence electrons. The zero-order valence-corrected chi connectivity index (χ0v) is 13.4. The largest absolute Gasteiger partial charge is 0.325 e. The second-order valence-electron chi connectivity index (χ2n) is 4.66. The molecule has 7 heteroatoms. The Morgan fingerprint density at radius 1 is 1.09 bits per heavy atom. The number of nitrogens with one attached hydrogen (secondary N) is 1. The molecule has 0 saturated carbocycles. The van der Waals surface area contributed by atoms with Crippen molar-refractivity contribution in [2.45, 2.75) is 10.6 Å². The van der Waals surface area contributed by atoms with Crippen LogP contribution in [0, 0.1) is 0 Å². The van der Waals surface area contributed by atoms with Crippen LogP contribution in [0.2, 0.25) is 0 Å². The molecule has 0 aromatic heterocycles. The SMILES string of the molecule is NS(=O)(=O)Cc1cccc(NC(=O)CSc2ccccc2)c1. The summed E-state index contributed by atoms with van der Waals surface area (Å²) in [6.07, 6.45) is 0. The molecular weight excluding hydrogens is 320 g/mol. The van der Waals surface area contributed by atoms with E-state index < -0.39 is 10.0 Å². The number of amides is 1. The van der Waals surface area contributed by atoms with Gasteiger partial charge in [-0.25, -0.2) is 13.6 Å². The van der Waals surface area contributed by atoms with Gasteiger partial charge in [-0.1, -0.05) is 30.3 Å². The van der Waals surface area contributed by atoms with E-state index in [1.165, 1.54) is 11.8 Å². The molecule has 0 saturated heterocycles. The fraction of sp³-hybridized carbons (Fsp3) is 0.133. The Hall–Kier alpha value is -1.83. The number of sulfonamides is 1. The monoisotopic (exact) mass is 336 g/mol. The van der Waals surface area contributed by atoms with E-state index in [1.54, 1.807) is 24.3 Å². The van der Waals surface area contributed by atoms with Crippen LogP contribution >= 0.6 is 11.8 Å². The molecule has 0 fully saturated rings. The van der Waals surface area contributed by atoms with E-state index in [1.807, 2.05) is 30.3 Å². The summed E-state index contributed by atoms with van der Waals surface area (Å²) in [6, 6.07) is 16.3. The van der Waals surface area contributed by atoms with Crippen LogP contribution < -0.4 is 10.5 Å². The van der Waals surface area contributed by atoms with Gasteiger partial charge in [-0.3, -0.25) is 4.79 Å². The highest BCUT2D eigenvalue weighted by atomic mass is 32.2. The van der Waals surface area contributed by atoms with Gasteiger partial charge in [0.15, 0.2) is 0 Å². The molecule has 2 aromatic rings. The van der Waals surface area contributed by atoms with Gasteiger partial charge >= 0.3 is 0 Å². The Labute approximate surface area is 134 Å². The van der Waals surface area contributed by atoms with Crippen molar-refractivity contribution in [2.75, 3.05) is 11.1 Å². The molecule has 1 amide bonds. The summed E-state index contributed by atoms with van der Waals surface area (Å²) in [6.45, 7) is 0.